The molecule has 0 radical (unpaired) electrons. The van der Waals surface area contributed by atoms with Gasteiger partial charge >= 0.3 is 5.97 Å². The lowest BCUT2D eigenvalue weighted by Gasteiger charge is -2.14. The van der Waals surface area contributed by atoms with E-state index in [0.717, 1.165) is 10.3 Å². The minimum Gasteiger partial charge on any atom is -0.507 e. The predicted octanol–water partition coefficient (Wildman–Crippen LogP) is 3.39. The number of fused-ring (bicyclic) bond motifs is 1. The zero-order chi connectivity index (χ0) is 16.7. The summed E-state index contributed by atoms with van der Waals surface area (Å²) in [6, 6.07) is 4.23. The zero-order valence-corrected chi connectivity index (χ0v) is 13.1. The summed E-state index contributed by atoms with van der Waals surface area (Å²) in [5.41, 5.74) is 3.40. The lowest BCUT2D eigenvalue weighted by molar-refractivity contribution is 0.0694. The normalized spacial score (nSPS) is 10.9. The minimum absolute atomic E-state index is 0.0412. The molecule has 3 aromatic rings. The number of carbonyl (C=O) groups is 1. The van der Waals surface area contributed by atoms with Gasteiger partial charge in [0.1, 0.15) is 28.3 Å². The Morgan fingerprint density at radius 1 is 1.17 bits per heavy atom. The molecule has 0 saturated heterocycles. The number of phenols is 2. The van der Waals surface area contributed by atoms with Crippen molar-refractivity contribution in [3.05, 3.63) is 34.8 Å². The van der Waals surface area contributed by atoms with Crippen LogP contribution in [0.3, 0.4) is 0 Å². The summed E-state index contributed by atoms with van der Waals surface area (Å²) < 4.78 is 5.87. The third-order valence-electron chi connectivity index (χ3n) is 3.67. The average Bonchev–Trinajstić information content (AvgIpc) is 3.00. The number of carboxylic acids is 1. The van der Waals surface area contributed by atoms with Gasteiger partial charge < -0.3 is 20.1 Å². The second-order valence-corrected chi connectivity index (χ2v) is 5.83. The summed E-state index contributed by atoms with van der Waals surface area (Å²) in [4.78, 5) is 15.7. The Morgan fingerprint density at radius 2 is 1.91 bits per heavy atom. The molecule has 0 bridgehead atoms. The Hall–Kier alpha value is -2.80. The van der Waals surface area contributed by atoms with Crippen LogP contribution in [0.25, 0.3) is 21.3 Å². The number of rotatable bonds is 3. The van der Waals surface area contributed by atoms with Gasteiger partial charge in [0, 0.05) is 11.6 Å². The second kappa shape index (κ2) is 5.44. The van der Waals surface area contributed by atoms with Gasteiger partial charge in [-0.25, -0.2) is 9.78 Å². The minimum atomic E-state index is -1.26. The van der Waals surface area contributed by atoms with E-state index in [4.69, 9.17) is 4.74 Å². The number of aromatic carboxylic acids is 1. The summed E-state index contributed by atoms with van der Waals surface area (Å²) in [6.45, 7) is 1.82. The quantitative estimate of drug-likeness (QED) is 0.680. The van der Waals surface area contributed by atoms with Crippen molar-refractivity contribution in [2.75, 3.05) is 7.11 Å². The van der Waals surface area contributed by atoms with Crippen molar-refractivity contribution >= 4 is 27.5 Å². The molecule has 0 spiro atoms. The third kappa shape index (κ3) is 2.35. The summed E-state index contributed by atoms with van der Waals surface area (Å²) in [5, 5.41) is 29.6. The standard InChI is InChI=1S/C16H13NO5S/c1-7-9(5-12(19)14-15(7)23-6-17-14)10-3-8(22-2)4-11(18)13(10)16(20)21/h3-6,18-19H,1-2H3,(H,20,21). The van der Waals surface area contributed by atoms with Gasteiger partial charge in [-0.3, -0.25) is 0 Å². The molecule has 6 nitrogen and oxygen atoms in total. The van der Waals surface area contributed by atoms with Crippen LogP contribution in [-0.4, -0.2) is 33.4 Å². The molecule has 0 aliphatic heterocycles. The molecule has 0 amide bonds. The number of aromatic hydroxyl groups is 2. The molecular weight excluding hydrogens is 318 g/mol. The first-order chi connectivity index (χ1) is 10.9. The monoisotopic (exact) mass is 331 g/mol. The lowest BCUT2D eigenvalue weighted by atomic mass is 9.94. The molecule has 3 rings (SSSR count). The lowest BCUT2D eigenvalue weighted by Crippen LogP contribution is -2.02. The SMILES string of the molecule is COc1cc(O)c(C(=O)O)c(-c2cc(O)c3ncsc3c2C)c1. The van der Waals surface area contributed by atoms with Crippen LogP contribution < -0.4 is 4.74 Å². The summed E-state index contributed by atoms with van der Waals surface area (Å²) in [5.74, 6) is -1.37. The number of carboxylic acid groups (broad SMARTS) is 1. The Morgan fingerprint density at radius 3 is 2.57 bits per heavy atom. The first kappa shape index (κ1) is 15.1. The summed E-state index contributed by atoms with van der Waals surface area (Å²) in [6.07, 6.45) is 0. The highest BCUT2D eigenvalue weighted by Crippen LogP contribution is 2.41. The highest BCUT2D eigenvalue weighted by molar-refractivity contribution is 7.17. The summed E-state index contributed by atoms with van der Waals surface area (Å²) >= 11 is 1.35. The van der Waals surface area contributed by atoms with Gasteiger partial charge in [-0.05, 0) is 30.2 Å². The maximum absolute atomic E-state index is 11.6. The molecule has 7 heteroatoms. The number of thiazole rings is 1. The Bertz CT molecular complexity index is 932. The highest BCUT2D eigenvalue weighted by atomic mass is 32.1. The van der Waals surface area contributed by atoms with Gasteiger partial charge in [-0.2, -0.15) is 0 Å². The smallest absolute Gasteiger partial charge is 0.340 e. The topological polar surface area (TPSA) is 99.9 Å². The molecule has 0 aliphatic carbocycles. The number of aromatic nitrogens is 1. The van der Waals surface area contributed by atoms with Gasteiger partial charge in [0.05, 0.1) is 17.3 Å². The van der Waals surface area contributed by atoms with E-state index in [0.29, 0.717) is 16.8 Å². The number of methoxy groups -OCH3 is 1. The van der Waals surface area contributed by atoms with Crippen molar-refractivity contribution in [1.82, 2.24) is 4.98 Å². The van der Waals surface area contributed by atoms with Gasteiger partial charge in [0.15, 0.2) is 0 Å². The number of hydrogen-bond acceptors (Lipinski definition) is 6. The van der Waals surface area contributed by atoms with Crippen molar-refractivity contribution in [3.63, 3.8) is 0 Å². The fourth-order valence-electron chi connectivity index (χ4n) is 2.57. The highest BCUT2D eigenvalue weighted by Gasteiger charge is 2.22. The first-order valence-electron chi connectivity index (χ1n) is 6.64. The molecule has 1 aromatic heterocycles. The van der Waals surface area contributed by atoms with Crippen LogP contribution in [0.4, 0.5) is 0 Å². The largest absolute Gasteiger partial charge is 0.507 e. The van der Waals surface area contributed by atoms with Crippen molar-refractivity contribution in [3.8, 4) is 28.4 Å². The molecule has 0 aliphatic rings. The molecule has 0 atom stereocenters. The van der Waals surface area contributed by atoms with Gasteiger partial charge in [0.25, 0.3) is 0 Å². The van der Waals surface area contributed by atoms with E-state index in [1.165, 1.54) is 36.6 Å². The molecule has 3 N–H and O–H groups in total. The van der Waals surface area contributed by atoms with Crippen LogP contribution in [0.15, 0.2) is 23.7 Å². The first-order valence-corrected chi connectivity index (χ1v) is 7.52. The van der Waals surface area contributed by atoms with Gasteiger partial charge in [-0.1, -0.05) is 0 Å². The zero-order valence-electron chi connectivity index (χ0n) is 12.3. The third-order valence-corrected chi connectivity index (χ3v) is 4.61. The molecule has 0 fully saturated rings. The Kier molecular flexibility index (Phi) is 3.57. The van der Waals surface area contributed by atoms with Crippen LogP contribution >= 0.6 is 11.3 Å². The van der Waals surface area contributed by atoms with Crippen molar-refractivity contribution in [1.29, 1.82) is 0 Å². The van der Waals surface area contributed by atoms with Gasteiger partial charge in [0.2, 0.25) is 0 Å². The predicted molar refractivity (Wildman–Crippen MR) is 86.6 cm³/mol. The van der Waals surface area contributed by atoms with E-state index < -0.39 is 11.7 Å². The number of phenolic OH excluding ortho intramolecular Hbond substituents is 1. The maximum Gasteiger partial charge on any atom is 0.340 e. The van der Waals surface area contributed by atoms with E-state index in [2.05, 4.69) is 4.98 Å². The molecular formula is C16H13NO5S. The average molecular weight is 331 g/mol. The van der Waals surface area contributed by atoms with Crippen molar-refractivity contribution in [2.45, 2.75) is 6.92 Å². The van der Waals surface area contributed by atoms with E-state index in [1.54, 1.807) is 5.51 Å². The van der Waals surface area contributed by atoms with Gasteiger partial charge in [-0.15, -0.1) is 11.3 Å². The van der Waals surface area contributed by atoms with E-state index in [1.807, 2.05) is 6.92 Å². The molecule has 0 unspecified atom stereocenters. The van der Waals surface area contributed by atoms with Crippen LogP contribution in [0.1, 0.15) is 15.9 Å². The number of ether oxygens (including phenoxy) is 1. The molecule has 23 heavy (non-hydrogen) atoms. The summed E-state index contributed by atoms with van der Waals surface area (Å²) in [7, 11) is 1.43. The molecule has 0 saturated carbocycles. The molecule has 118 valence electrons. The molecule has 2 aromatic carbocycles. The number of benzene rings is 2. The Labute approximate surface area is 135 Å². The fourth-order valence-corrected chi connectivity index (χ4v) is 3.39. The fraction of sp³-hybridized carbons (Fsp3) is 0.125. The van der Waals surface area contributed by atoms with E-state index in [-0.39, 0.29) is 16.9 Å². The van der Waals surface area contributed by atoms with E-state index in [9.17, 15) is 20.1 Å². The van der Waals surface area contributed by atoms with Crippen LogP contribution in [0.5, 0.6) is 17.2 Å². The van der Waals surface area contributed by atoms with E-state index >= 15 is 0 Å². The number of hydrogen-bond donors (Lipinski definition) is 3. The van der Waals surface area contributed by atoms with Crippen LogP contribution in [0, 0.1) is 6.92 Å². The maximum atomic E-state index is 11.6. The van der Waals surface area contributed by atoms with Crippen molar-refractivity contribution < 1.29 is 24.9 Å². The number of nitrogens with zero attached hydrogens (tertiary/aromatic N) is 1. The Balaban J connectivity index is 2.40. The van der Waals surface area contributed by atoms with Crippen molar-refractivity contribution in [2.24, 2.45) is 0 Å². The van der Waals surface area contributed by atoms with Crippen LogP contribution in [-0.2, 0) is 0 Å². The van der Waals surface area contributed by atoms with Crippen LogP contribution in [0.2, 0.25) is 0 Å². The second-order valence-electron chi connectivity index (χ2n) is 4.97. The molecule has 1 heterocycles. The number of aryl methyl sites for hydroxylation is 1.